The summed E-state index contributed by atoms with van der Waals surface area (Å²) in [6.45, 7) is 5.02. The van der Waals surface area contributed by atoms with Gasteiger partial charge in [0.1, 0.15) is 0 Å². The second-order valence-corrected chi connectivity index (χ2v) is 6.71. The van der Waals surface area contributed by atoms with Gasteiger partial charge in [0.05, 0.1) is 0 Å². The van der Waals surface area contributed by atoms with E-state index in [2.05, 4.69) is 17.0 Å². The predicted molar refractivity (Wildman–Crippen MR) is 81.8 cm³/mol. The van der Waals surface area contributed by atoms with Crippen LogP contribution in [0.2, 0.25) is 0 Å². The van der Waals surface area contributed by atoms with Gasteiger partial charge < -0.3 is 5.32 Å². The van der Waals surface area contributed by atoms with E-state index in [-0.39, 0.29) is 0 Å². The molecule has 5 nitrogen and oxygen atoms in total. The summed E-state index contributed by atoms with van der Waals surface area (Å²) in [6.07, 6.45) is 3.01. The van der Waals surface area contributed by atoms with Crippen LogP contribution in [0, 0.1) is 0 Å². The fourth-order valence-corrected chi connectivity index (χ4v) is 3.58. The van der Waals surface area contributed by atoms with Crippen molar-refractivity contribution < 1.29 is 8.42 Å². The van der Waals surface area contributed by atoms with Crippen LogP contribution in [0.25, 0.3) is 0 Å². The molecular weight excluding hydrogens is 274 g/mol. The molecular formula is C14H23N3O2S. The standard InChI is InChI=1S/C14H23N3O2S/c1-2-15-12-13-6-8-14(9-7-13)16-20(18,19)17-10-4-3-5-11-17/h6-9,15-16H,2-5,10-12H2,1H3. The third-order valence-electron chi connectivity index (χ3n) is 3.43. The average molecular weight is 297 g/mol. The zero-order valence-electron chi connectivity index (χ0n) is 11.9. The molecule has 0 aliphatic carbocycles. The van der Waals surface area contributed by atoms with E-state index >= 15 is 0 Å². The molecule has 0 amide bonds. The lowest BCUT2D eigenvalue weighted by Crippen LogP contribution is -2.39. The van der Waals surface area contributed by atoms with Crippen LogP contribution < -0.4 is 10.0 Å². The lowest BCUT2D eigenvalue weighted by atomic mass is 10.2. The van der Waals surface area contributed by atoms with Crippen molar-refractivity contribution in [3.05, 3.63) is 29.8 Å². The number of hydrogen-bond donors (Lipinski definition) is 2. The van der Waals surface area contributed by atoms with Gasteiger partial charge in [0, 0.05) is 25.3 Å². The topological polar surface area (TPSA) is 61.4 Å². The maximum Gasteiger partial charge on any atom is 0.301 e. The van der Waals surface area contributed by atoms with Crippen molar-refractivity contribution in [3.63, 3.8) is 0 Å². The Morgan fingerprint density at radius 3 is 2.35 bits per heavy atom. The van der Waals surface area contributed by atoms with Gasteiger partial charge in [-0.3, -0.25) is 4.72 Å². The molecule has 20 heavy (non-hydrogen) atoms. The molecule has 1 aliphatic rings. The van der Waals surface area contributed by atoms with E-state index in [0.717, 1.165) is 37.9 Å². The summed E-state index contributed by atoms with van der Waals surface area (Å²) >= 11 is 0. The number of benzene rings is 1. The molecule has 1 saturated heterocycles. The minimum Gasteiger partial charge on any atom is -0.313 e. The highest BCUT2D eigenvalue weighted by Gasteiger charge is 2.23. The van der Waals surface area contributed by atoms with Crippen LogP contribution in [-0.2, 0) is 16.8 Å². The molecule has 1 aliphatic heterocycles. The van der Waals surface area contributed by atoms with E-state index in [0.29, 0.717) is 18.8 Å². The van der Waals surface area contributed by atoms with E-state index in [1.54, 1.807) is 0 Å². The summed E-state index contributed by atoms with van der Waals surface area (Å²) < 4.78 is 28.6. The van der Waals surface area contributed by atoms with Crippen molar-refractivity contribution in [2.45, 2.75) is 32.7 Å². The quantitative estimate of drug-likeness (QED) is 0.843. The molecule has 1 aromatic carbocycles. The molecule has 0 aromatic heterocycles. The number of piperidine rings is 1. The summed E-state index contributed by atoms with van der Waals surface area (Å²) in [5.74, 6) is 0. The van der Waals surface area contributed by atoms with E-state index < -0.39 is 10.2 Å². The van der Waals surface area contributed by atoms with Crippen LogP contribution in [0.5, 0.6) is 0 Å². The first-order valence-electron chi connectivity index (χ1n) is 7.19. The Kier molecular flexibility index (Phi) is 5.39. The van der Waals surface area contributed by atoms with Crippen LogP contribution in [0.15, 0.2) is 24.3 Å². The van der Waals surface area contributed by atoms with E-state index in [1.165, 1.54) is 4.31 Å². The smallest absolute Gasteiger partial charge is 0.301 e. The Morgan fingerprint density at radius 2 is 1.75 bits per heavy atom. The fourth-order valence-electron chi connectivity index (χ4n) is 2.28. The third-order valence-corrected chi connectivity index (χ3v) is 4.97. The maximum atomic E-state index is 12.2. The number of nitrogens with one attached hydrogen (secondary N) is 2. The van der Waals surface area contributed by atoms with Gasteiger partial charge in [-0.1, -0.05) is 25.5 Å². The van der Waals surface area contributed by atoms with Crippen LogP contribution in [0.1, 0.15) is 31.7 Å². The molecule has 0 spiro atoms. The largest absolute Gasteiger partial charge is 0.313 e. The Bertz CT molecular complexity index is 508. The van der Waals surface area contributed by atoms with E-state index in [1.807, 2.05) is 24.3 Å². The molecule has 1 aromatic rings. The number of nitrogens with zero attached hydrogens (tertiary/aromatic N) is 1. The molecule has 112 valence electrons. The molecule has 1 heterocycles. The van der Waals surface area contributed by atoms with E-state index in [4.69, 9.17) is 0 Å². The van der Waals surface area contributed by atoms with Gasteiger partial charge in [-0.05, 0) is 37.1 Å². The van der Waals surface area contributed by atoms with Crippen LogP contribution in [0.4, 0.5) is 5.69 Å². The summed E-state index contributed by atoms with van der Waals surface area (Å²) in [5, 5.41) is 3.24. The minimum atomic E-state index is -3.40. The highest BCUT2D eigenvalue weighted by Crippen LogP contribution is 2.17. The van der Waals surface area contributed by atoms with Crippen molar-refractivity contribution in [2.75, 3.05) is 24.4 Å². The second kappa shape index (κ2) is 7.06. The van der Waals surface area contributed by atoms with Crippen molar-refractivity contribution in [1.29, 1.82) is 0 Å². The Morgan fingerprint density at radius 1 is 1.10 bits per heavy atom. The lowest BCUT2D eigenvalue weighted by molar-refractivity contribution is 0.349. The SMILES string of the molecule is CCNCc1ccc(NS(=O)(=O)N2CCCCC2)cc1. The molecule has 0 atom stereocenters. The molecule has 0 bridgehead atoms. The highest BCUT2D eigenvalue weighted by molar-refractivity contribution is 7.90. The number of hydrogen-bond acceptors (Lipinski definition) is 3. The fraction of sp³-hybridized carbons (Fsp3) is 0.571. The van der Waals surface area contributed by atoms with Gasteiger partial charge >= 0.3 is 10.2 Å². The number of rotatable bonds is 6. The monoisotopic (exact) mass is 297 g/mol. The van der Waals surface area contributed by atoms with Crippen LogP contribution in [0.3, 0.4) is 0 Å². The first-order valence-corrected chi connectivity index (χ1v) is 8.63. The van der Waals surface area contributed by atoms with Gasteiger partial charge in [-0.2, -0.15) is 12.7 Å². The molecule has 6 heteroatoms. The normalized spacial score (nSPS) is 17.1. The highest BCUT2D eigenvalue weighted by atomic mass is 32.2. The molecule has 0 radical (unpaired) electrons. The maximum absolute atomic E-state index is 12.2. The first kappa shape index (κ1) is 15.3. The van der Waals surface area contributed by atoms with Crippen LogP contribution >= 0.6 is 0 Å². The van der Waals surface area contributed by atoms with Gasteiger partial charge in [-0.15, -0.1) is 0 Å². The Balaban J connectivity index is 1.98. The van der Waals surface area contributed by atoms with Crippen molar-refractivity contribution in [3.8, 4) is 0 Å². The minimum absolute atomic E-state index is 0.619. The zero-order chi connectivity index (χ0) is 14.4. The summed E-state index contributed by atoms with van der Waals surface area (Å²) in [4.78, 5) is 0. The first-order chi connectivity index (χ1) is 9.62. The van der Waals surface area contributed by atoms with Gasteiger partial charge in [0.2, 0.25) is 0 Å². The van der Waals surface area contributed by atoms with Crippen molar-refractivity contribution >= 4 is 15.9 Å². The summed E-state index contributed by atoms with van der Waals surface area (Å²) in [5.41, 5.74) is 1.77. The lowest BCUT2D eigenvalue weighted by Gasteiger charge is -2.26. The molecule has 2 N–H and O–H groups in total. The zero-order valence-corrected chi connectivity index (χ0v) is 12.7. The predicted octanol–water partition coefficient (Wildman–Crippen LogP) is 1.94. The van der Waals surface area contributed by atoms with Gasteiger partial charge in [-0.25, -0.2) is 0 Å². The molecule has 1 fully saturated rings. The van der Waals surface area contributed by atoms with Gasteiger partial charge in [0.25, 0.3) is 0 Å². The second-order valence-electron chi connectivity index (χ2n) is 5.04. The third kappa shape index (κ3) is 4.19. The van der Waals surface area contributed by atoms with Crippen molar-refractivity contribution in [2.24, 2.45) is 0 Å². The summed E-state index contributed by atoms with van der Waals surface area (Å²) in [7, 11) is -3.40. The van der Waals surface area contributed by atoms with Crippen molar-refractivity contribution in [1.82, 2.24) is 9.62 Å². The van der Waals surface area contributed by atoms with E-state index in [9.17, 15) is 8.42 Å². The summed E-state index contributed by atoms with van der Waals surface area (Å²) in [6, 6.07) is 7.51. The molecule has 2 rings (SSSR count). The van der Waals surface area contributed by atoms with Gasteiger partial charge in [0.15, 0.2) is 0 Å². The Hall–Kier alpha value is -1.11. The van der Waals surface area contributed by atoms with Crippen LogP contribution in [-0.4, -0.2) is 32.4 Å². The Labute approximate surface area is 121 Å². The number of anilines is 1. The average Bonchev–Trinajstić information content (AvgIpc) is 2.47. The molecule has 0 unspecified atom stereocenters. The molecule has 0 saturated carbocycles.